The minimum atomic E-state index is 0.145. The fourth-order valence-electron chi connectivity index (χ4n) is 1.68. The summed E-state index contributed by atoms with van der Waals surface area (Å²) in [6.07, 6.45) is 5.44. The van der Waals surface area contributed by atoms with E-state index >= 15 is 0 Å². The number of ketones is 1. The Morgan fingerprint density at radius 1 is 1.18 bits per heavy atom. The maximum atomic E-state index is 11.8. The van der Waals surface area contributed by atoms with Crippen LogP contribution in [0.1, 0.15) is 56.5 Å². The van der Waals surface area contributed by atoms with Gasteiger partial charge in [-0.3, -0.25) is 4.79 Å². The monoisotopic (exact) mass is 230 g/mol. The number of carbonyl (C=O) groups is 1. The van der Waals surface area contributed by atoms with Crippen LogP contribution in [-0.4, -0.2) is 5.78 Å². The molecule has 0 fully saturated rings. The van der Waals surface area contributed by atoms with Gasteiger partial charge in [0.2, 0.25) is 0 Å². The van der Waals surface area contributed by atoms with Gasteiger partial charge in [0.1, 0.15) is 0 Å². The molecule has 0 aliphatic carbocycles. The molecule has 1 rings (SSSR count). The fourth-order valence-corrected chi connectivity index (χ4v) is 1.68. The zero-order valence-electron chi connectivity index (χ0n) is 11.3. The van der Waals surface area contributed by atoms with Crippen molar-refractivity contribution < 1.29 is 4.79 Å². The molecule has 1 aromatic rings. The Kier molecular flexibility index (Phi) is 4.68. The average Bonchev–Trinajstić information content (AvgIpc) is 2.28. The molecule has 0 atom stereocenters. The summed E-state index contributed by atoms with van der Waals surface area (Å²) >= 11 is 0. The largest absolute Gasteiger partial charge is 0.294 e. The molecular formula is C16H22O. The Hall–Kier alpha value is -1.37. The zero-order chi connectivity index (χ0) is 12.9. The number of carbonyl (C=O) groups excluding carboxylic acids is 1. The second-order valence-electron chi connectivity index (χ2n) is 5.36. The molecule has 0 aliphatic rings. The van der Waals surface area contributed by atoms with E-state index in [1.54, 1.807) is 0 Å². The van der Waals surface area contributed by atoms with Gasteiger partial charge in [0, 0.05) is 12.0 Å². The minimum Gasteiger partial charge on any atom is -0.294 e. The van der Waals surface area contributed by atoms with E-state index in [-0.39, 0.29) is 11.2 Å². The first kappa shape index (κ1) is 13.7. The van der Waals surface area contributed by atoms with Crippen LogP contribution in [0.5, 0.6) is 0 Å². The fraction of sp³-hybridized carbons (Fsp3) is 0.438. The van der Waals surface area contributed by atoms with Crippen molar-refractivity contribution in [2.75, 3.05) is 0 Å². The first-order valence-electron chi connectivity index (χ1n) is 6.20. The van der Waals surface area contributed by atoms with E-state index in [1.807, 2.05) is 31.2 Å². The Labute approximate surface area is 105 Å². The van der Waals surface area contributed by atoms with Crippen LogP contribution in [0.15, 0.2) is 36.4 Å². The molecule has 1 nitrogen and oxygen atoms in total. The number of hydrogen-bond acceptors (Lipinski definition) is 1. The quantitative estimate of drug-likeness (QED) is 0.549. The Morgan fingerprint density at radius 3 is 2.24 bits per heavy atom. The number of allylic oxidation sites excluding steroid dienone is 2. The van der Waals surface area contributed by atoms with Crippen LogP contribution in [0.2, 0.25) is 0 Å². The highest BCUT2D eigenvalue weighted by atomic mass is 16.1. The van der Waals surface area contributed by atoms with Gasteiger partial charge in [-0.25, -0.2) is 0 Å². The number of Topliss-reactive ketones (excluding diaryl/α,β-unsaturated/α-hetero) is 1. The standard InChI is InChI=1S/C16H22O/c1-5-6-7-8-15(17)13-9-11-14(12-10-13)16(2,3)4/h5-6,9-12H,7-8H2,1-4H3/b6-5+. The van der Waals surface area contributed by atoms with Crippen molar-refractivity contribution in [3.05, 3.63) is 47.5 Å². The molecule has 0 amide bonds. The van der Waals surface area contributed by atoms with Gasteiger partial charge in [0.15, 0.2) is 5.78 Å². The summed E-state index contributed by atoms with van der Waals surface area (Å²) in [5.74, 6) is 0.226. The van der Waals surface area contributed by atoms with Crippen LogP contribution in [0.25, 0.3) is 0 Å². The van der Waals surface area contributed by atoms with Gasteiger partial charge in [-0.05, 0) is 24.3 Å². The molecule has 0 radical (unpaired) electrons. The third kappa shape index (κ3) is 4.18. The van der Waals surface area contributed by atoms with E-state index in [1.165, 1.54) is 5.56 Å². The SMILES string of the molecule is C/C=C/CCC(=O)c1ccc(C(C)(C)C)cc1. The molecule has 0 saturated heterocycles. The highest BCUT2D eigenvalue weighted by molar-refractivity contribution is 5.96. The van der Waals surface area contributed by atoms with Crippen LogP contribution < -0.4 is 0 Å². The average molecular weight is 230 g/mol. The zero-order valence-corrected chi connectivity index (χ0v) is 11.3. The molecule has 0 bridgehead atoms. The van der Waals surface area contributed by atoms with Crippen molar-refractivity contribution in [2.45, 2.75) is 46.0 Å². The van der Waals surface area contributed by atoms with Gasteiger partial charge < -0.3 is 0 Å². The molecule has 1 heteroatoms. The molecular weight excluding hydrogens is 208 g/mol. The predicted octanol–water partition coefficient (Wildman–Crippen LogP) is 4.52. The second kappa shape index (κ2) is 5.81. The first-order valence-corrected chi connectivity index (χ1v) is 6.20. The van der Waals surface area contributed by atoms with Gasteiger partial charge in [-0.15, -0.1) is 0 Å². The van der Waals surface area contributed by atoms with Gasteiger partial charge in [-0.2, -0.15) is 0 Å². The molecule has 1 aromatic carbocycles. The van der Waals surface area contributed by atoms with Crippen molar-refractivity contribution >= 4 is 5.78 Å². The summed E-state index contributed by atoms with van der Waals surface area (Å²) in [4.78, 5) is 11.8. The van der Waals surface area contributed by atoms with Crippen molar-refractivity contribution in [2.24, 2.45) is 0 Å². The van der Waals surface area contributed by atoms with E-state index in [4.69, 9.17) is 0 Å². The summed E-state index contributed by atoms with van der Waals surface area (Å²) < 4.78 is 0. The van der Waals surface area contributed by atoms with Crippen molar-refractivity contribution in [1.82, 2.24) is 0 Å². The lowest BCUT2D eigenvalue weighted by atomic mass is 9.86. The van der Waals surface area contributed by atoms with Crippen molar-refractivity contribution in [3.63, 3.8) is 0 Å². The van der Waals surface area contributed by atoms with Gasteiger partial charge >= 0.3 is 0 Å². The normalized spacial score (nSPS) is 12.0. The maximum absolute atomic E-state index is 11.8. The lowest BCUT2D eigenvalue weighted by Crippen LogP contribution is -2.11. The number of hydrogen-bond donors (Lipinski definition) is 0. The van der Waals surface area contributed by atoms with Gasteiger partial charge in [0.25, 0.3) is 0 Å². The van der Waals surface area contributed by atoms with Gasteiger partial charge in [0.05, 0.1) is 0 Å². The van der Waals surface area contributed by atoms with E-state index < -0.39 is 0 Å². The lowest BCUT2D eigenvalue weighted by Gasteiger charge is -2.18. The highest BCUT2D eigenvalue weighted by Crippen LogP contribution is 2.22. The second-order valence-corrected chi connectivity index (χ2v) is 5.36. The first-order chi connectivity index (χ1) is 7.95. The third-order valence-electron chi connectivity index (χ3n) is 2.85. The summed E-state index contributed by atoms with van der Waals surface area (Å²) in [5, 5.41) is 0. The summed E-state index contributed by atoms with van der Waals surface area (Å²) in [5.41, 5.74) is 2.23. The van der Waals surface area contributed by atoms with E-state index in [0.29, 0.717) is 6.42 Å². The molecule has 0 N–H and O–H groups in total. The van der Waals surface area contributed by atoms with Crippen LogP contribution in [0, 0.1) is 0 Å². The smallest absolute Gasteiger partial charge is 0.163 e. The maximum Gasteiger partial charge on any atom is 0.163 e. The molecule has 0 aromatic heterocycles. The number of rotatable bonds is 4. The predicted molar refractivity (Wildman–Crippen MR) is 73.5 cm³/mol. The van der Waals surface area contributed by atoms with Crippen molar-refractivity contribution in [1.29, 1.82) is 0 Å². The molecule has 0 heterocycles. The molecule has 92 valence electrons. The molecule has 0 aliphatic heterocycles. The van der Waals surface area contributed by atoms with Gasteiger partial charge in [-0.1, -0.05) is 57.2 Å². The topological polar surface area (TPSA) is 17.1 Å². The number of benzene rings is 1. The summed E-state index contributed by atoms with van der Waals surface area (Å²) in [7, 11) is 0. The summed E-state index contributed by atoms with van der Waals surface area (Å²) in [6, 6.07) is 8.00. The van der Waals surface area contributed by atoms with E-state index in [0.717, 1.165) is 12.0 Å². The molecule has 17 heavy (non-hydrogen) atoms. The van der Waals surface area contributed by atoms with Crippen LogP contribution in [0.4, 0.5) is 0 Å². The van der Waals surface area contributed by atoms with Crippen LogP contribution >= 0.6 is 0 Å². The summed E-state index contributed by atoms with van der Waals surface area (Å²) in [6.45, 7) is 8.50. The van der Waals surface area contributed by atoms with E-state index in [9.17, 15) is 4.79 Å². The minimum absolute atomic E-state index is 0.145. The Bertz CT molecular complexity index is 391. The Morgan fingerprint density at radius 2 is 1.76 bits per heavy atom. The van der Waals surface area contributed by atoms with Crippen molar-refractivity contribution in [3.8, 4) is 0 Å². The molecule has 0 saturated carbocycles. The molecule has 0 unspecified atom stereocenters. The molecule has 0 spiro atoms. The Balaban J connectivity index is 2.71. The van der Waals surface area contributed by atoms with Crippen LogP contribution in [0.3, 0.4) is 0 Å². The third-order valence-corrected chi connectivity index (χ3v) is 2.85. The highest BCUT2D eigenvalue weighted by Gasteiger charge is 2.13. The van der Waals surface area contributed by atoms with E-state index in [2.05, 4.69) is 32.9 Å². The van der Waals surface area contributed by atoms with Crippen LogP contribution in [-0.2, 0) is 5.41 Å². The lowest BCUT2D eigenvalue weighted by molar-refractivity contribution is 0.0983.